The molecule has 2 rings (SSSR count). The molecule has 0 spiro atoms. The third-order valence-electron chi connectivity index (χ3n) is 3.39. The average molecular weight is 318 g/mol. The highest BCUT2D eigenvalue weighted by atomic mass is 32.2. The largest absolute Gasteiger partial charge is 0.545 e. The van der Waals surface area contributed by atoms with Crippen molar-refractivity contribution in [2.24, 2.45) is 0 Å². The molecule has 0 unspecified atom stereocenters. The van der Waals surface area contributed by atoms with Gasteiger partial charge in [-0.25, -0.2) is 8.42 Å². The molecule has 2 aromatic rings. The lowest BCUT2D eigenvalue weighted by molar-refractivity contribution is -0.255. The number of rotatable bonds is 5. The van der Waals surface area contributed by atoms with Gasteiger partial charge in [-0.3, -0.25) is 0 Å². The van der Waals surface area contributed by atoms with Crippen molar-refractivity contribution >= 4 is 16.0 Å². The number of benzene rings is 2. The summed E-state index contributed by atoms with van der Waals surface area (Å²) in [7, 11) is -2.31. The number of nitrogens with zero attached hydrogens (tertiary/aromatic N) is 1. The first-order valence-electron chi connectivity index (χ1n) is 6.64. The Morgan fingerprint density at radius 1 is 1.14 bits per heavy atom. The third-order valence-corrected chi connectivity index (χ3v) is 5.18. The minimum atomic E-state index is -3.77. The maximum Gasteiger partial charge on any atom is 0.243 e. The molecule has 0 saturated heterocycles. The summed E-state index contributed by atoms with van der Waals surface area (Å²) in [5, 5.41) is 11.0. The van der Waals surface area contributed by atoms with Crippen LogP contribution in [0.25, 0.3) is 0 Å². The van der Waals surface area contributed by atoms with E-state index in [1.165, 1.54) is 23.5 Å². The molecule has 0 aromatic heterocycles. The van der Waals surface area contributed by atoms with Crippen LogP contribution in [0.3, 0.4) is 0 Å². The zero-order valence-electron chi connectivity index (χ0n) is 12.3. The van der Waals surface area contributed by atoms with Crippen molar-refractivity contribution in [3.05, 3.63) is 65.2 Å². The van der Waals surface area contributed by atoms with Crippen molar-refractivity contribution in [1.29, 1.82) is 0 Å². The quantitative estimate of drug-likeness (QED) is 0.829. The van der Waals surface area contributed by atoms with E-state index in [9.17, 15) is 18.3 Å². The molecule has 0 saturated carbocycles. The lowest BCUT2D eigenvalue weighted by Gasteiger charge is -2.18. The number of carbonyl (C=O) groups is 1. The van der Waals surface area contributed by atoms with Gasteiger partial charge in [-0.15, -0.1) is 0 Å². The van der Waals surface area contributed by atoms with Gasteiger partial charge in [-0.05, 0) is 30.2 Å². The number of hydrogen-bond donors (Lipinski definition) is 0. The Morgan fingerprint density at radius 3 is 2.36 bits per heavy atom. The number of aromatic carboxylic acids is 1. The van der Waals surface area contributed by atoms with Gasteiger partial charge < -0.3 is 9.90 Å². The van der Waals surface area contributed by atoms with Gasteiger partial charge in [0.1, 0.15) is 0 Å². The minimum absolute atomic E-state index is 0.0595. The highest BCUT2D eigenvalue weighted by Gasteiger charge is 2.21. The number of aryl methyl sites for hydroxylation is 1. The molecule has 0 radical (unpaired) electrons. The Morgan fingerprint density at radius 2 is 1.77 bits per heavy atom. The number of carboxylic acids is 1. The topological polar surface area (TPSA) is 77.5 Å². The fourth-order valence-corrected chi connectivity index (χ4v) is 3.27. The molecular formula is C16H16NO4S-. The smallest absolute Gasteiger partial charge is 0.243 e. The lowest BCUT2D eigenvalue weighted by atomic mass is 10.1. The predicted molar refractivity (Wildman–Crippen MR) is 80.6 cm³/mol. The number of sulfonamides is 1. The van der Waals surface area contributed by atoms with E-state index in [1.807, 2.05) is 30.3 Å². The van der Waals surface area contributed by atoms with Gasteiger partial charge in [-0.2, -0.15) is 4.31 Å². The number of hydrogen-bond acceptors (Lipinski definition) is 4. The molecule has 0 fully saturated rings. The van der Waals surface area contributed by atoms with Gasteiger partial charge in [0, 0.05) is 19.2 Å². The maximum atomic E-state index is 12.5. The van der Waals surface area contributed by atoms with Crippen LogP contribution in [0.5, 0.6) is 0 Å². The Balaban J connectivity index is 2.34. The van der Waals surface area contributed by atoms with Gasteiger partial charge in [0.25, 0.3) is 0 Å². The highest BCUT2D eigenvalue weighted by Crippen LogP contribution is 2.20. The van der Waals surface area contributed by atoms with E-state index >= 15 is 0 Å². The Hall–Kier alpha value is -2.18. The standard InChI is InChI=1S/C16H17NO4S/c1-12-8-9-14(10-15(12)16(18)19)22(20,21)17(2)11-13-6-4-3-5-7-13/h3-10H,11H2,1-2H3,(H,18,19)/p-1. The molecule has 0 atom stereocenters. The van der Waals surface area contributed by atoms with Crippen LogP contribution >= 0.6 is 0 Å². The second-order valence-electron chi connectivity index (χ2n) is 5.01. The summed E-state index contributed by atoms with van der Waals surface area (Å²) >= 11 is 0. The zero-order chi connectivity index (χ0) is 16.3. The summed E-state index contributed by atoms with van der Waals surface area (Å²) in [6, 6.07) is 13.2. The van der Waals surface area contributed by atoms with Gasteiger partial charge in [0.15, 0.2) is 0 Å². The fraction of sp³-hybridized carbons (Fsp3) is 0.188. The van der Waals surface area contributed by atoms with E-state index in [0.29, 0.717) is 5.56 Å². The van der Waals surface area contributed by atoms with Crippen molar-refractivity contribution in [3.63, 3.8) is 0 Å². The van der Waals surface area contributed by atoms with Crippen LogP contribution in [-0.4, -0.2) is 25.7 Å². The average Bonchev–Trinajstić information content (AvgIpc) is 2.48. The summed E-state index contributed by atoms with van der Waals surface area (Å²) in [5.74, 6) is -1.39. The molecule has 116 valence electrons. The summed E-state index contributed by atoms with van der Waals surface area (Å²) in [5.41, 5.74) is 1.19. The zero-order valence-corrected chi connectivity index (χ0v) is 13.1. The molecule has 0 heterocycles. The summed E-state index contributed by atoms with van der Waals surface area (Å²) in [6.07, 6.45) is 0. The molecular weight excluding hydrogens is 302 g/mol. The van der Waals surface area contributed by atoms with Crippen LogP contribution in [0.15, 0.2) is 53.4 Å². The normalized spacial score (nSPS) is 11.6. The molecule has 0 aliphatic heterocycles. The van der Waals surface area contributed by atoms with E-state index in [2.05, 4.69) is 0 Å². The van der Waals surface area contributed by atoms with E-state index in [0.717, 1.165) is 11.6 Å². The Bertz CT molecular complexity index is 785. The SMILES string of the molecule is Cc1ccc(S(=O)(=O)N(C)Cc2ccccc2)cc1C(=O)[O-]. The second-order valence-corrected chi connectivity index (χ2v) is 7.06. The fourth-order valence-electron chi connectivity index (χ4n) is 2.09. The van der Waals surface area contributed by atoms with Crippen LogP contribution < -0.4 is 5.11 Å². The second kappa shape index (κ2) is 6.29. The maximum absolute atomic E-state index is 12.5. The molecule has 0 aliphatic carbocycles. The van der Waals surface area contributed by atoms with E-state index in [4.69, 9.17) is 0 Å². The monoisotopic (exact) mass is 318 g/mol. The van der Waals surface area contributed by atoms with Gasteiger partial charge in [0.05, 0.1) is 10.9 Å². The predicted octanol–water partition coefficient (Wildman–Crippen LogP) is 1.18. The molecule has 2 aromatic carbocycles. The van der Waals surface area contributed by atoms with Gasteiger partial charge in [0.2, 0.25) is 10.0 Å². The molecule has 5 nitrogen and oxygen atoms in total. The van der Waals surface area contributed by atoms with Crippen molar-refractivity contribution < 1.29 is 18.3 Å². The van der Waals surface area contributed by atoms with Crippen LogP contribution in [0.2, 0.25) is 0 Å². The van der Waals surface area contributed by atoms with E-state index in [1.54, 1.807) is 6.92 Å². The highest BCUT2D eigenvalue weighted by molar-refractivity contribution is 7.89. The van der Waals surface area contributed by atoms with Crippen molar-refractivity contribution in [1.82, 2.24) is 4.31 Å². The number of carboxylic acid groups (broad SMARTS) is 1. The molecule has 0 aliphatic rings. The first kappa shape index (κ1) is 16.2. The lowest BCUT2D eigenvalue weighted by Crippen LogP contribution is -2.28. The van der Waals surface area contributed by atoms with Crippen LogP contribution in [0.4, 0.5) is 0 Å². The van der Waals surface area contributed by atoms with Crippen molar-refractivity contribution in [2.45, 2.75) is 18.4 Å². The molecule has 0 bridgehead atoms. The van der Waals surface area contributed by atoms with Crippen molar-refractivity contribution in [3.8, 4) is 0 Å². The molecule has 0 amide bonds. The van der Waals surface area contributed by atoms with E-state index in [-0.39, 0.29) is 17.0 Å². The summed E-state index contributed by atoms with van der Waals surface area (Å²) in [6.45, 7) is 1.80. The van der Waals surface area contributed by atoms with Crippen molar-refractivity contribution in [2.75, 3.05) is 7.05 Å². The van der Waals surface area contributed by atoms with Crippen LogP contribution in [0, 0.1) is 6.92 Å². The summed E-state index contributed by atoms with van der Waals surface area (Å²) in [4.78, 5) is 11.0. The van der Waals surface area contributed by atoms with Crippen LogP contribution in [-0.2, 0) is 16.6 Å². The van der Waals surface area contributed by atoms with E-state index < -0.39 is 16.0 Å². The Labute approximate surface area is 129 Å². The molecule has 22 heavy (non-hydrogen) atoms. The molecule has 6 heteroatoms. The van der Waals surface area contributed by atoms with Gasteiger partial charge in [-0.1, -0.05) is 36.4 Å². The molecule has 0 N–H and O–H groups in total. The third kappa shape index (κ3) is 3.35. The number of carbonyl (C=O) groups excluding carboxylic acids is 1. The first-order valence-corrected chi connectivity index (χ1v) is 8.08. The van der Waals surface area contributed by atoms with Crippen LogP contribution in [0.1, 0.15) is 21.5 Å². The minimum Gasteiger partial charge on any atom is -0.545 e. The first-order chi connectivity index (χ1) is 10.3. The summed E-state index contributed by atoms with van der Waals surface area (Å²) < 4.78 is 26.3. The van der Waals surface area contributed by atoms with Gasteiger partial charge >= 0.3 is 0 Å². The Kier molecular flexibility index (Phi) is 4.63.